The summed E-state index contributed by atoms with van der Waals surface area (Å²) >= 11 is 0. The quantitative estimate of drug-likeness (QED) is 0.649. The Morgan fingerprint density at radius 2 is 2.00 bits per heavy atom. The van der Waals surface area contributed by atoms with E-state index in [1.807, 2.05) is 6.92 Å². The fourth-order valence-corrected chi connectivity index (χ4v) is 2.24. The molecule has 3 heteroatoms. The highest BCUT2D eigenvalue weighted by molar-refractivity contribution is 6.48. The molecule has 2 atom stereocenters. The van der Waals surface area contributed by atoms with Gasteiger partial charge in [-0.05, 0) is 26.4 Å². The fourth-order valence-electron chi connectivity index (χ4n) is 1.18. The molecule has 0 saturated heterocycles. The Hall–Kier alpha value is 0.137. The van der Waals surface area contributed by atoms with Gasteiger partial charge in [-0.25, -0.2) is 0 Å². The van der Waals surface area contributed by atoms with Crippen LogP contribution in [0.5, 0.6) is 0 Å². The number of hydrogen-bond acceptors (Lipinski definition) is 2. The molecule has 0 spiro atoms. The van der Waals surface area contributed by atoms with E-state index < -0.39 is 9.04 Å². The van der Waals surface area contributed by atoms with Crippen molar-refractivity contribution in [1.82, 2.24) is 0 Å². The second-order valence-electron chi connectivity index (χ2n) is 3.61. The van der Waals surface area contributed by atoms with Crippen LogP contribution in [0.1, 0.15) is 33.1 Å². The minimum atomic E-state index is -0.987. The number of aliphatic hydroxyl groups excluding tert-OH is 1. The lowest BCUT2D eigenvalue weighted by Crippen LogP contribution is -2.30. The van der Waals surface area contributed by atoms with Gasteiger partial charge in [0.1, 0.15) is 0 Å². The Morgan fingerprint density at radius 3 is 2.33 bits per heavy atom. The molecule has 0 aliphatic heterocycles. The Balaban J connectivity index is 3.70. The zero-order valence-corrected chi connectivity index (χ0v) is 9.86. The van der Waals surface area contributed by atoms with Gasteiger partial charge in [0.2, 0.25) is 0 Å². The fraction of sp³-hybridized carbons (Fsp3) is 1.00. The lowest BCUT2D eigenvalue weighted by molar-refractivity contribution is 0.0414. The first-order valence-electron chi connectivity index (χ1n) is 4.91. The molecule has 0 aromatic carbocycles. The number of unbranched alkanes of at least 4 members (excludes halogenated alkanes) is 1. The first-order chi connectivity index (χ1) is 5.57. The van der Waals surface area contributed by atoms with E-state index in [1.54, 1.807) is 0 Å². The van der Waals surface area contributed by atoms with Crippen molar-refractivity contribution in [3.05, 3.63) is 0 Å². The molecular formula is C9H22O2Si. The minimum Gasteiger partial charge on any atom is -0.415 e. The number of hydrogen-bond donors (Lipinski definition) is 1. The normalized spacial score (nSPS) is 16.5. The van der Waals surface area contributed by atoms with E-state index in [9.17, 15) is 5.11 Å². The molecule has 2 unspecified atom stereocenters. The first kappa shape index (κ1) is 12.1. The van der Waals surface area contributed by atoms with E-state index in [-0.39, 0.29) is 12.2 Å². The largest absolute Gasteiger partial charge is 0.415 e. The van der Waals surface area contributed by atoms with Gasteiger partial charge in [0.15, 0.2) is 9.04 Å². The molecule has 0 saturated carbocycles. The van der Waals surface area contributed by atoms with E-state index in [1.165, 1.54) is 6.42 Å². The molecule has 0 heterocycles. The summed E-state index contributed by atoms with van der Waals surface area (Å²) in [5, 5.41) is 9.38. The molecule has 0 amide bonds. The highest BCUT2D eigenvalue weighted by Crippen LogP contribution is 2.10. The van der Waals surface area contributed by atoms with Crippen molar-refractivity contribution < 1.29 is 9.53 Å². The van der Waals surface area contributed by atoms with Gasteiger partial charge >= 0.3 is 0 Å². The summed E-state index contributed by atoms with van der Waals surface area (Å²) in [6.07, 6.45) is 3.09. The molecule has 0 aromatic rings. The van der Waals surface area contributed by atoms with Gasteiger partial charge in [0, 0.05) is 0 Å². The predicted octanol–water partition coefficient (Wildman–Crippen LogP) is 1.93. The molecule has 0 rings (SSSR count). The Bertz CT molecular complexity index is 105. The van der Waals surface area contributed by atoms with Gasteiger partial charge in [-0.15, -0.1) is 0 Å². The van der Waals surface area contributed by atoms with Gasteiger partial charge in [-0.3, -0.25) is 0 Å². The molecule has 2 nitrogen and oxygen atoms in total. The second kappa shape index (κ2) is 6.63. The van der Waals surface area contributed by atoms with E-state index in [2.05, 4.69) is 20.0 Å². The van der Waals surface area contributed by atoms with Gasteiger partial charge in [-0.1, -0.05) is 19.8 Å². The van der Waals surface area contributed by atoms with Crippen molar-refractivity contribution >= 4 is 9.04 Å². The summed E-state index contributed by atoms with van der Waals surface area (Å²) < 4.78 is 5.70. The van der Waals surface area contributed by atoms with Crippen molar-refractivity contribution in [2.24, 2.45) is 0 Å². The van der Waals surface area contributed by atoms with Gasteiger partial charge < -0.3 is 9.53 Å². The van der Waals surface area contributed by atoms with Gasteiger partial charge in [-0.2, -0.15) is 0 Å². The molecule has 74 valence electrons. The molecule has 12 heavy (non-hydrogen) atoms. The Morgan fingerprint density at radius 1 is 1.42 bits per heavy atom. The number of aliphatic hydroxyl groups is 1. The van der Waals surface area contributed by atoms with E-state index >= 15 is 0 Å². The summed E-state index contributed by atoms with van der Waals surface area (Å²) in [6, 6.07) is 0. The van der Waals surface area contributed by atoms with E-state index in [0.29, 0.717) is 0 Å². The summed E-state index contributed by atoms with van der Waals surface area (Å²) in [4.78, 5) is 0. The Kier molecular flexibility index (Phi) is 6.71. The zero-order chi connectivity index (χ0) is 9.56. The SMILES string of the molecule is CCCCC(O[SiH](C)C)C(C)O. The maximum Gasteiger partial charge on any atom is 0.171 e. The molecule has 0 aliphatic rings. The molecule has 0 aromatic heterocycles. The maximum atomic E-state index is 9.38. The van der Waals surface area contributed by atoms with Crippen LogP contribution in [-0.4, -0.2) is 26.4 Å². The average Bonchev–Trinajstić information content (AvgIpc) is 1.96. The molecule has 0 aliphatic carbocycles. The van der Waals surface area contributed by atoms with Crippen LogP contribution in [0.2, 0.25) is 13.1 Å². The van der Waals surface area contributed by atoms with Crippen LogP contribution in [0.15, 0.2) is 0 Å². The van der Waals surface area contributed by atoms with Crippen molar-refractivity contribution in [3.63, 3.8) is 0 Å². The average molecular weight is 190 g/mol. The highest BCUT2D eigenvalue weighted by atomic mass is 28.3. The van der Waals surface area contributed by atoms with Crippen LogP contribution >= 0.6 is 0 Å². The van der Waals surface area contributed by atoms with Crippen molar-refractivity contribution in [3.8, 4) is 0 Å². The van der Waals surface area contributed by atoms with Crippen molar-refractivity contribution in [1.29, 1.82) is 0 Å². The smallest absolute Gasteiger partial charge is 0.171 e. The molecular weight excluding hydrogens is 168 g/mol. The Labute approximate surface area is 77.7 Å². The van der Waals surface area contributed by atoms with Gasteiger partial charge in [0.25, 0.3) is 0 Å². The van der Waals surface area contributed by atoms with Crippen LogP contribution in [-0.2, 0) is 4.43 Å². The summed E-state index contributed by atoms with van der Waals surface area (Å²) in [7, 11) is -0.987. The number of rotatable bonds is 6. The van der Waals surface area contributed by atoms with Crippen molar-refractivity contribution in [2.45, 2.75) is 58.4 Å². The van der Waals surface area contributed by atoms with Crippen LogP contribution in [0.25, 0.3) is 0 Å². The van der Waals surface area contributed by atoms with Crippen molar-refractivity contribution in [2.75, 3.05) is 0 Å². The van der Waals surface area contributed by atoms with E-state index in [0.717, 1.165) is 12.8 Å². The monoisotopic (exact) mass is 190 g/mol. The van der Waals surface area contributed by atoms with Gasteiger partial charge in [0.05, 0.1) is 12.2 Å². The third-order valence-corrected chi connectivity index (χ3v) is 2.72. The van der Waals surface area contributed by atoms with Crippen LogP contribution in [0, 0.1) is 0 Å². The van der Waals surface area contributed by atoms with Crippen LogP contribution in [0.4, 0.5) is 0 Å². The van der Waals surface area contributed by atoms with Crippen LogP contribution in [0.3, 0.4) is 0 Å². The predicted molar refractivity (Wildman–Crippen MR) is 55.0 cm³/mol. The molecule has 0 fully saturated rings. The highest BCUT2D eigenvalue weighted by Gasteiger charge is 2.15. The second-order valence-corrected chi connectivity index (χ2v) is 5.98. The zero-order valence-electron chi connectivity index (χ0n) is 8.71. The molecule has 0 radical (unpaired) electrons. The summed E-state index contributed by atoms with van der Waals surface area (Å²) in [5.74, 6) is 0. The topological polar surface area (TPSA) is 29.5 Å². The lowest BCUT2D eigenvalue weighted by Gasteiger charge is -2.22. The molecule has 0 bridgehead atoms. The standard InChI is InChI=1S/C9H22O2Si/c1-5-6-7-9(8(2)10)11-12(3)4/h8-10,12H,5-7H2,1-4H3. The maximum absolute atomic E-state index is 9.38. The third kappa shape index (κ3) is 5.74. The third-order valence-electron chi connectivity index (χ3n) is 1.83. The summed E-state index contributed by atoms with van der Waals surface area (Å²) in [6.45, 7) is 8.26. The lowest BCUT2D eigenvalue weighted by atomic mass is 10.1. The van der Waals surface area contributed by atoms with Crippen LogP contribution < -0.4 is 0 Å². The minimum absolute atomic E-state index is 0.0802. The first-order valence-corrected chi connectivity index (χ1v) is 7.69. The summed E-state index contributed by atoms with van der Waals surface area (Å²) in [5.41, 5.74) is 0. The molecule has 1 N–H and O–H groups in total. The van der Waals surface area contributed by atoms with E-state index in [4.69, 9.17) is 4.43 Å².